The summed E-state index contributed by atoms with van der Waals surface area (Å²) in [6, 6.07) is 16.4. The van der Waals surface area contributed by atoms with Crippen LogP contribution in [0, 0.1) is 6.92 Å². The van der Waals surface area contributed by atoms with Gasteiger partial charge in [0.15, 0.2) is 0 Å². The average molecular weight is 378 g/mol. The number of aryl methyl sites for hydroxylation is 1. The number of nitrogens with zero attached hydrogens (tertiary/aromatic N) is 2. The molecule has 3 amide bonds. The Labute approximate surface area is 166 Å². The predicted octanol–water partition coefficient (Wildman–Crippen LogP) is 3.50. The van der Waals surface area contributed by atoms with Crippen molar-refractivity contribution in [2.75, 3.05) is 11.4 Å². The molecule has 3 rings (SSSR count). The molecule has 1 heterocycles. The van der Waals surface area contributed by atoms with Crippen molar-refractivity contribution in [3.05, 3.63) is 65.7 Å². The molecule has 1 fully saturated rings. The van der Waals surface area contributed by atoms with Gasteiger partial charge in [0.25, 0.3) is 5.91 Å². The third-order valence-corrected chi connectivity index (χ3v) is 5.06. The van der Waals surface area contributed by atoms with Crippen LogP contribution in [0.4, 0.5) is 5.69 Å². The molecule has 0 aromatic heterocycles. The van der Waals surface area contributed by atoms with Crippen molar-refractivity contribution in [1.29, 1.82) is 0 Å². The second-order valence-corrected chi connectivity index (χ2v) is 7.20. The number of rotatable bonds is 7. The van der Waals surface area contributed by atoms with E-state index in [0.29, 0.717) is 31.5 Å². The molecule has 0 radical (unpaired) electrons. The van der Waals surface area contributed by atoms with Gasteiger partial charge in [-0.05, 0) is 37.5 Å². The van der Waals surface area contributed by atoms with E-state index in [1.54, 1.807) is 17.0 Å². The zero-order valence-electron chi connectivity index (χ0n) is 16.4. The molecule has 0 saturated carbocycles. The van der Waals surface area contributed by atoms with Gasteiger partial charge < -0.3 is 4.90 Å². The number of amides is 3. The van der Waals surface area contributed by atoms with E-state index in [9.17, 15) is 14.4 Å². The number of anilines is 1. The van der Waals surface area contributed by atoms with Gasteiger partial charge in [-0.1, -0.05) is 55.0 Å². The summed E-state index contributed by atoms with van der Waals surface area (Å²) in [6.07, 6.45) is 1.77. The van der Waals surface area contributed by atoms with Crippen LogP contribution in [-0.2, 0) is 20.8 Å². The first-order valence-electron chi connectivity index (χ1n) is 9.78. The summed E-state index contributed by atoms with van der Waals surface area (Å²) in [5.74, 6) is -0.644. The highest BCUT2D eigenvalue weighted by Crippen LogP contribution is 2.26. The Bertz CT molecular complexity index is 846. The minimum Gasteiger partial charge on any atom is -0.330 e. The molecule has 1 aliphatic heterocycles. The molecule has 2 aromatic carbocycles. The van der Waals surface area contributed by atoms with E-state index >= 15 is 0 Å². The van der Waals surface area contributed by atoms with Gasteiger partial charge in [0, 0.05) is 13.0 Å². The van der Waals surface area contributed by atoms with Crippen LogP contribution < -0.4 is 4.90 Å². The maximum atomic E-state index is 13.1. The minimum absolute atomic E-state index is 0.0386. The maximum Gasteiger partial charge on any atom is 0.257 e. The van der Waals surface area contributed by atoms with Gasteiger partial charge in [0.2, 0.25) is 11.8 Å². The van der Waals surface area contributed by atoms with E-state index in [2.05, 4.69) is 0 Å². The smallest absolute Gasteiger partial charge is 0.257 e. The zero-order chi connectivity index (χ0) is 20.1. The summed E-state index contributed by atoms with van der Waals surface area (Å²) in [5.41, 5.74) is 2.72. The molecule has 0 N–H and O–H groups in total. The Morgan fingerprint density at radius 2 is 1.75 bits per heavy atom. The van der Waals surface area contributed by atoms with E-state index in [1.165, 1.54) is 4.90 Å². The predicted molar refractivity (Wildman–Crippen MR) is 109 cm³/mol. The minimum atomic E-state index is -0.725. The highest BCUT2D eigenvalue weighted by atomic mass is 16.2. The van der Waals surface area contributed by atoms with Gasteiger partial charge in [-0.15, -0.1) is 0 Å². The molecule has 1 aliphatic rings. The van der Waals surface area contributed by atoms with Crippen LogP contribution in [0.2, 0.25) is 0 Å². The van der Waals surface area contributed by atoms with Gasteiger partial charge in [0.05, 0.1) is 12.1 Å². The van der Waals surface area contributed by atoms with Crippen LogP contribution in [0.3, 0.4) is 0 Å². The molecule has 0 spiro atoms. The van der Waals surface area contributed by atoms with Crippen LogP contribution in [0.1, 0.15) is 37.3 Å². The number of hydrogen-bond acceptors (Lipinski definition) is 3. The normalized spacial score (nSPS) is 16.5. The zero-order valence-corrected chi connectivity index (χ0v) is 16.4. The van der Waals surface area contributed by atoms with Crippen molar-refractivity contribution in [3.63, 3.8) is 0 Å². The standard InChI is InChI=1S/C23H26N2O3/c1-3-7-21(26)24(15-14-18-8-5-4-6-9-18)20-16-22(27)25(23(20)28)19-12-10-17(2)11-13-19/h4-6,8-13,20H,3,7,14-16H2,1-2H3. The number of carbonyl (C=O) groups excluding carboxylic acids is 3. The van der Waals surface area contributed by atoms with Crippen molar-refractivity contribution >= 4 is 23.4 Å². The Morgan fingerprint density at radius 3 is 2.39 bits per heavy atom. The Hall–Kier alpha value is -2.95. The molecule has 0 bridgehead atoms. The van der Waals surface area contributed by atoms with Crippen LogP contribution >= 0.6 is 0 Å². The second-order valence-electron chi connectivity index (χ2n) is 7.20. The van der Waals surface area contributed by atoms with Crippen LogP contribution in [0.25, 0.3) is 0 Å². The van der Waals surface area contributed by atoms with E-state index in [1.807, 2.05) is 56.3 Å². The largest absolute Gasteiger partial charge is 0.330 e. The van der Waals surface area contributed by atoms with Crippen molar-refractivity contribution in [2.45, 2.75) is 45.6 Å². The highest BCUT2D eigenvalue weighted by molar-refractivity contribution is 6.23. The number of benzene rings is 2. The van der Waals surface area contributed by atoms with Gasteiger partial charge >= 0.3 is 0 Å². The Morgan fingerprint density at radius 1 is 1.07 bits per heavy atom. The van der Waals surface area contributed by atoms with Gasteiger partial charge in [-0.3, -0.25) is 14.4 Å². The highest BCUT2D eigenvalue weighted by Gasteiger charge is 2.43. The lowest BCUT2D eigenvalue weighted by atomic mass is 10.1. The van der Waals surface area contributed by atoms with Gasteiger partial charge in [-0.2, -0.15) is 0 Å². The number of imide groups is 1. The SMILES string of the molecule is CCCC(=O)N(CCc1ccccc1)C1CC(=O)N(c2ccc(C)cc2)C1=O. The molecule has 1 unspecified atom stereocenters. The molecule has 28 heavy (non-hydrogen) atoms. The lowest BCUT2D eigenvalue weighted by molar-refractivity contribution is -0.138. The molecule has 0 aliphatic carbocycles. The van der Waals surface area contributed by atoms with Crippen molar-refractivity contribution < 1.29 is 14.4 Å². The summed E-state index contributed by atoms with van der Waals surface area (Å²) >= 11 is 0. The maximum absolute atomic E-state index is 13.1. The monoisotopic (exact) mass is 378 g/mol. The molecular weight excluding hydrogens is 352 g/mol. The van der Waals surface area contributed by atoms with E-state index in [4.69, 9.17) is 0 Å². The summed E-state index contributed by atoms with van der Waals surface area (Å²) in [4.78, 5) is 41.2. The molecule has 146 valence electrons. The van der Waals surface area contributed by atoms with Crippen molar-refractivity contribution in [1.82, 2.24) is 4.90 Å². The number of carbonyl (C=O) groups is 3. The lowest BCUT2D eigenvalue weighted by Gasteiger charge is -2.28. The van der Waals surface area contributed by atoms with E-state index in [0.717, 1.165) is 11.1 Å². The first-order valence-corrected chi connectivity index (χ1v) is 9.78. The first-order chi connectivity index (χ1) is 13.5. The van der Waals surface area contributed by atoms with Gasteiger partial charge in [0.1, 0.15) is 6.04 Å². The fraction of sp³-hybridized carbons (Fsp3) is 0.348. The summed E-state index contributed by atoms with van der Waals surface area (Å²) in [7, 11) is 0. The third-order valence-electron chi connectivity index (χ3n) is 5.06. The summed E-state index contributed by atoms with van der Waals surface area (Å²) in [5, 5.41) is 0. The molecular formula is C23H26N2O3. The first kappa shape index (κ1) is 19.8. The fourth-order valence-corrected chi connectivity index (χ4v) is 3.53. The fourth-order valence-electron chi connectivity index (χ4n) is 3.53. The molecule has 5 nitrogen and oxygen atoms in total. The van der Waals surface area contributed by atoms with E-state index in [-0.39, 0.29) is 24.1 Å². The summed E-state index contributed by atoms with van der Waals surface area (Å²) in [6.45, 7) is 4.32. The van der Waals surface area contributed by atoms with Crippen LogP contribution in [-0.4, -0.2) is 35.2 Å². The van der Waals surface area contributed by atoms with Crippen LogP contribution in [0.15, 0.2) is 54.6 Å². The van der Waals surface area contributed by atoms with Crippen molar-refractivity contribution in [2.24, 2.45) is 0 Å². The Balaban J connectivity index is 1.81. The van der Waals surface area contributed by atoms with Crippen LogP contribution in [0.5, 0.6) is 0 Å². The van der Waals surface area contributed by atoms with Gasteiger partial charge in [-0.25, -0.2) is 4.90 Å². The molecule has 1 atom stereocenters. The molecule has 1 saturated heterocycles. The molecule has 2 aromatic rings. The number of hydrogen-bond donors (Lipinski definition) is 0. The van der Waals surface area contributed by atoms with E-state index < -0.39 is 6.04 Å². The summed E-state index contributed by atoms with van der Waals surface area (Å²) < 4.78 is 0. The third kappa shape index (κ3) is 4.30. The lowest BCUT2D eigenvalue weighted by Crippen LogP contribution is -2.46. The Kier molecular flexibility index (Phi) is 6.24. The average Bonchev–Trinajstić information content (AvgIpc) is 2.98. The molecule has 5 heteroatoms. The topological polar surface area (TPSA) is 57.7 Å². The van der Waals surface area contributed by atoms with Crippen molar-refractivity contribution in [3.8, 4) is 0 Å². The second kappa shape index (κ2) is 8.83. The quantitative estimate of drug-likeness (QED) is 0.693.